The van der Waals surface area contributed by atoms with Crippen molar-refractivity contribution in [1.29, 1.82) is 0 Å². The first-order chi connectivity index (χ1) is 15.9. The van der Waals surface area contributed by atoms with Gasteiger partial charge in [-0.2, -0.15) is 0 Å². The van der Waals surface area contributed by atoms with E-state index in [1.165, 1.54) is 0 Å². The summed E-state index contributed by atoms with van der Waals surface area (Å²) in [4.78, 5) is 19.7. The highest BCUT2D eigenvalue weighted by molar-refractivity contribution is 5.74. The number of hydrogen-bond donors (Lipinski definition) is 2. The molecule has 0 aliphatic heterocycles. The van der Waals surface area contributed by atoms with Gasteiger partial charge in [-0.3, -0.25) is 4.79 Å². The summed E-state index contributed by atoms with van der Waals surface area (Å²) in [5.74, 6) is 1.17. The summed E-state index contributed by atoms with van der Waals surface area (Å²) in [6, 6.07) is 14.0. The van der Waals surface area contributed by atoms with E-state index in [0.717, 1.165) is 33.5 Å². The molecule has 0 radical (unpaired) electrons. The largest absolute Gasteiger partial charge is 0.491 e. The highest BCUT2D eigenvalue weighted by Gasteiger charge is 2.14. The minimum absolute atomic E-state index is 0.162. The van der Waals surface area contributed by atoms with Crippen molar-refractivity contribution in [2.24, 2.45) is 0 Å². The van der Waals surface area contributed by atoms with E-state index in [4.69, 9.17) is 13.9 Å². The fourth-order valence-electron chi connectivity index (χ4n) is 3.78. The third kappa shape index (κ3) is 5.32. The number of pyridine rings is 1. The molecule has 33 heavy (non-hydrogen) atoms. The lowest BCUT2D eigenvalue weighted by atomic mass is 9.99. The Morgan fingerprint density at radius 2 is 1.76 bits per heavy atom. The Morgan fingerprint density at radius 1 is 1.00 bits per heavy atom. The number of ether oxygens (including phenoxy) is 2. The molecule has 7 nitrogen and oxygen atoms in total. The Kier molecular flexibility index (Phi) is 6.60. The van der Waals surface area contributed by atoms with Crippen LogP contribution in [0.4, 0.5) is 11.7 Å². The van der Waals surface area contributed by atoms with E-state index < -0.39 is 0 Å². The summed E-state index contributed by atoms with van der Waals surface area (Å²) in [5, 5.41) is 3.22. The lowest BCUT2D eigenvalue weighted by Gasteiger charge is -2.11. The molecule has 170 valence electrons. The van der Waals surface area contributed by atoms with E-state index >= 15 is 0 Å². The first-order valence-electron chi connectivity index (χ1n) is 10.7. The lowest BCUT2D eigenvalue weighted by Crippen LogP contribution is -2.10. The van der Waals surface area contributed by atoms with Crippen LogP contribution in [0.5, 0.6) is 5.75 Å². The van der Waals surface area contributed by atoms with Crippen molar-refractivity contribution in [2.75, 3.05) is 25.6 Å². The van der Waals surface area contributed by atoms with Gasteiger partial charge >= 0.3 is 0 Å². The molecule has 0 atom stereocenters. The van der Waals surface area contributed by atoms with Crippen LogP contribution in [-0.4, -0.2) is 30.3 Å². The number of oxazole rings is 1. The molecule has 0 bridgehead atoms. The van der Waals surface area contributed by atoms with Crippen molar-refractivity contribution in [1.82, 2.24) is 9.97 Å². The molecule has 2 N–H and O–H groups in total. The SMILES string of the molecule is COCCOc1cc(-c2cnc(Nc3cc(C)cc(C)c3)o2)cc(-c2c(C)cc[nH]c2=O)c1. The van der Waals surface area contributed by atoms with E-state index in [9.17, 15) is 4.79 Å². The van der Waals surface area contributed by atoms with Crippen molar-refractivity contribution in [3.8, 4) is 28.2 Å². The topological polar surface area (TPSA) is 89.4 Å². The number of aromatic amines is 1. The van der Waals surface area contributed by atoms with Crippen LogP contribution >= 0.6 is 0 Å². The highest BCUT2D eigenvalue weighted by Crippen LogP contribution is 2.33. The predicted octanol–water partition coefficient (Wildman–Crippen LogP) is 5.39. The van der Waals surface area contributed by atoms with Gasteiger partial charge in [0.2, 0.25) is 0 Å². The average molecular weight is 446 g/mol. The summed E-state index contributed by atoms with van der Waals surface area (Å²) >= 11 is 0. The molecule has 4 aromatic rings. The first kappa shape index (κ1) is 22.4. The van der Waals surface area contributed by atoms with Crippen molar-refractivity contribution >= 4 is 11.7 Å². The van der Waals surface area contributed by atoms with Crippen LogP contribution in [0.15, 0.2) is 64.1 Å². The van der Waals surface area contributed by atoms with Crippen molar-refractivity contribution in [3.05, 3.63) is 81.9 Å². The second-order valence-corrected chi connectivity index (χ2v) is 7.98. The molecule has 0 spiro atoms. The summed E-state index contributed by atoms with van der Waals surface area (Å²) in [6.07, 6.45) is 3.30. The molecule has 2 heterocycles. The number of rotatable bonds is 8. The van der Waals surface area contributed by atoms with Gasteiger partial charge in [0.05, 0.1) is 18.4 Å². The third-order valence-corrected chi connectivity index (χ3v) is 5.18. The van der Waals surface area contributed by atoms with Crippen LogP contribution in [0, 0.1) is 20.8 Å². The van der Waals surface area contributed by atoms with Crippen molar-refractivity contribution < 1.29 is 13.9 Å². The first-order valence-corrected chi connectivity index (χ1v) is 10.7. The molecule has 0 aliphatic rings. The fraction of sp³-hybridized carbons (Fsp3) is 0.231. The molecule has 7 heteroatoms. The molecule has 0 fully saturated rings. The van der Waals surface area contributed by atoms with Crippen LogP contribution in [0.1, 0.15) is 16.7 Å². The third-order valence-electron chi connectivity index (χ3n) is 5.18. The van der Waals surface area contributed by atoms with Crippen LogP contribution < -0.4 is 15.6 Å². The second-order valence-electron chi connectivity index (χ2n) is 7.98. The number of nitrogens with zero attached hydrogens (tertiary/aromatic N) is 1. The smallest absolute Gasteiger partial charge is 0.299 e. The fourth-order valence-corrected chi connectivity index (χ4v) is 3.78. The maximum atomic E-state index is 12.6. The minimum atomic E-state index is -0.162. The van der Waals surface area contributed by atoms with Gasteiger partial charge in [-0.1, -0.05) is 6.07 Å². The zero-order chi connectivity index (χ0) is 23.4. The summed E-state index contributed by atoms with van der Waals surface area (Å²) in [5.41, 5.74) is 5.99. The summed E-state index contributed by atoms with van der Waals surface area (Å²) in [6.45, 7) is 6.84. The minimum Gasteiger partial charge on any atom is -0.491 e. The number of aromatic nitrogens is 2. The Labute approximate surface area is 192 Å². The standard InChI is InChI=1S/C26H27N3O4/c1-16-9-17(2)11-21(10-16)29-26-28-15-23(33-26)19-12-20(14-22(13-19)32-8-7-31-4)24-18(3)5-6-27-25(24)30/h5-6,9-15H,7-8H2,1-4H3,(H,27,30)(H,28,29). The molecule has 2 aromatic heterocycles. The number of methoxy groups -OCH3 is 1. The average Bonchev–Trinajstić information content (AvgIpc) is 3.21. The maximum absolute atomic E-state index is 12.6. The van der Waals surface area contributed by atoms with Gasteiger partial charge in [-0.05, 0) is 79.4 Å². The van der Waals surface area contributed by atoms with Crippen molar-refractivity contribution in [2.45, 2.75) is 20.8 Å². The van der Waals surface area contributed by atoms with Crippen LogP contribution in [-0.2, 0) is 4.74 Å². The second kappa shape index (κ2) is 9.75. The zero-order valence-corrected chi connectivity index (χ0v) is 19.2. The summed E-state index contributed by atoms with van der Waals surface area (Å²) in [7, 11) is 1.62. The Morgan fingerprint density at radius 3 is 2.48 bits per heavy atom. The molecule has 0 amide bonds. The highest BCUT2D eigenvalue weighted by atomic mass is 16.5. The lowest BCUT2D eigenvalue weighted by molar-refractivity contribution is 0.146. The number of hydrogen-bond acceptors (Lipinski definition) is 6. The molecule has 2 aromatic carbocycles. The molecule has 0 unspecified atom stereocenters. The number of aryl methyl sites for hydroxylation is 3. The van der Waals surface area contributed by atoms with Gasteiger partial charge in [0.1, 0.15) is 12.4 Å². The van der Waals surface area contributed by atoms with Gasteiger partial charge in [0, 0.05) is 24.6 Å². The Balaban J connectivity index is 1.71. The Bertz CT molecular complexity index is 1300. The number of nitrogens with one attached hydrogen (secondary N) is 2. The van der Waals surface area contributed by atoms with Crippen LogP contribution in [0.2, 0.25) is 0 Å². The van der Waals surface area contributed by atoms with Gasteiger partial charge < -0.3 is 24.2 Å². The number of anilines is 2. The molecule has 0 saturated carbocycles. The van der Waals surface area contributed by atoms with Gasteiger partial charge in [-0.25, -0.2) is 4.98 Å². The van der Waals surface area contributed by atoms with E-state index in [-0.39, 0.29) is 5.56 Å². The molecule has 4 rings (SSSR count). The molecule has 0 saturated heterocycles. The van der Waals surface area contributed by atoms with E-state index in [1.54, 1.807) is 19.5 Å². The van der Waals surface area contributed by atoms with Gasteiger partial charge in [0.15, 0.2) is 5.76 Å². The molecular weight excluding hydrogens is 418 g/mol. The van der Waals surface area contributed by atoms with Gasteiger partial charge in [0.25, 0.3) is 11.6 Å². The van der Waals surface area contributed by atoms with E-state index in [0.29, 0.717) is 36.3 Å². The van der Waals surface area contributed by atoms with Crippen LogP contribution in [0.25, 0.3) is 22.5 Å². The van der Waals surface area contributed by atoms with Crippen molar-refractivity contribution in [3.63, 3.8) is 0 Å². The van der Waals surface area contributed by atoms with Gasteiger partial charge in [-0.15, -0.1) is 0 Å². The van der Waals surface area contributed by atoms with E-state index in [1.807, 2.05) is 57.2 Å². The maximum Gasteiger partial charge on any atom is 0.299 e. The Hall–Kier alpha value is -3.84. The monoisotopic (exact) mass is 445 g/mol. The molecular formula is C26H27N3O4. The molecule has 0 aliphatic carbocycles. The predicted molar refractivity (Wildman–Crippen MR) is 129 cm³/mol. The zero-order valence-electron chi connectivity index (χ0n) is 19.2. The summed E-state index contributed by atoms with van der Waals surface area (Å²) < 4.78 is 17.0. The normalized spacial score (nSPS) is 10.9. The number of benzene rings is 2. The van der Waals surface area contributed by atoms with E-state index in [2.05, 4.69) is 21.4 Å². The van der Waals surface area contributed by atoms with Crippen LogP contribution in [0.3, 0.4) is 0 Å². The quantitative estimate of drug-likeness (QED) is 0.354. The number of H-pyrrole nitrogens is 1.